The number of nitrogens with zero attached hydrogens (tertiary/aromatic N) is 2. The van der Waals surface area contributed by atoms with Crippen LogP contribution in [0, 0.1) is 11.3 Å². The van der Waals surface area contributed by atoms with Gasteiger partial charge >= 0.3 is 6.09 Å². The van der Waals surface area contributed by atoms with Crippen LogP contribution in [0.3, 0.4) is 0 Å². The molecule has 1 aliphatic heterocycles. The van der Waals surface area contributed by atoms with Crippen LogP contribution in [-0.4, -0.2) is 28.7 Å². The first-order valence-corrected chi connectivity index (χ1v) is 10.5. The summed E-state index contributed by atoms with van der Waals surface area (Å²) in [5.74, 6) is 0. The van der Waals surface area contributed by atoms with E-state index in [-0.39, 0.29) is 18.2 Å². The third-order valence-electron chi connectivity index (χ3n) is 6.24. The average molecular weight is 405 g/mol. The quantitative estimate of drug-likeness (QED) is 0.712. The number of ether oxygens (including phenoxy) is 1. The van der Waals surface area contributed by atoms with Gasteiger partial charge in [0.25, 0.3) is 0 Å². The van der Waals surface area contributed by atoms with Gasteiger partial charge in [0.15, 0.2) is 0 Å². The number of nitrogens with two attached hydrogens (primary N) is 1. The molecule has 2 aliphatic rings. The Bertz CT molecular complexity index is 959. The van der Waals surface area contributed by atoms with E-state index in [2.05, 4.69) is 23.5 Å². The fraction of sp³-hybridized carbons (Fsp3) is 0.417. The minimum atomic E-state index is -0.565. The minimum Gasteiger partial charge on any atom is -0.441 e. The molecule has 2 aromatic carbocycles. The summed E-state index contributed by atoms with van der Waals surface area (Å²) >= 11 is 0. The number of anilines is 2. The van der Waals surface area contributed by atoms with Gasteiger partial charge < -0.3 is 15.8 Å². The SMILES string of the molecule is CC1(C)OC(=O)N([C@H]2CC[C@H](Nc3ccc(C#N)cc3N)CC2)C1c1ccccc1. The van der Waals surface area contributed by atoms with Crippen molar-refractivity contribution in [3.8, 4) is 6.07 Å². The number of hydrogen-bond donors (Lipinski definition) is 2. The van der Waals surface area contributed by atoms with Gasteiger partial charge in [0.1, 0.15) is 5.60 Å². The summed E-state index contributed by atoms with van der Waals surface area (Å²) in [7, 11) is 0. The Labute approximate surface area is 177 Å². The van der Waals surface area contributed by atoms with E-state index in [1.807, 2.05) is 43.0 Å². The molecule has 0 spiro atoms. The van der Waals surface area contributed by atoms with E-state index in [1.54, 1.807) is 12.1 Å². The summed E-state index contributed by atoms with van der Waals surface area (Å²) in [6.07, 6.45) is 3.47. The van der Waals surface area contributed by atoms with Gasteiger partial charge in [-0.2, -0.15) is 5.26 Å². The molecular formula is C24H28N4O2. The summed E-state index contributed by atoms with van der Waals surface area (Å²) in [6.45, 7) is 3.98. The van der Waals surface area contributed by atoms with E-state index < -0.39 is 5.60 Å². The summed E-state index contributed by atoms with van der Waals surface area (Å²) in [6, 6.07) is 18.0. The second kappa shape index (κ2) is 7.91. The highest BCUT2D eigenvalue weighted by Crippen LogP contribution is 2.44. The fourth-order valence-corrected chi connectivity index (χ4v) is 4.81. The van der Waals surface area contributed by atoms with Crippen molar-refractivity contribution in [2.24, 2.45) is 0 Å². The van der Waals surface area contributed by atoms with Crippen LogP contribution in [-0.2, 0) is 4.74 Å². The number of carbonyl (C=O) groups excluding carboxylic acids is 1. The Morgan fingerprint density at radius 3 is 2.47 bits per heavy atom. The van der Waals surface area contributed by atoms with Crippen LogP contribution in [0.1, 0.15) is 56.7 Å². The van der Waals surface area contributed by atoms with Crippen molar-refractivity contribution in [1.29, 1.82) is 5.26 Å². The van der Waals surface area contributed by atoms with Crippen LogP contribution in [0.15, 0.2) is 48.5 Å². The highest BCUT2D eigenvalue weighted by atomic mass is 16.6. The number of hydrogen-bond acceptors (Lipinski definition) is 5. The topological polar surface area (TPSA) is 91.4 Å². The Morgan fingerprint density at radius 2 is 1.83 bits per heavy atom. The normalized spacial score (nSPS) is 25.4. The van der Waals surface area contributed by atoms with Gasteiger partial charge in [0, 0.05) is 12.1 Å². The molecule has 0 aromatic heterocycles. The maximum absolute atomic E-state index is 12.8. The van der Waals surface area contributed by atoms with Crippen LogP contribution < -0.4 is 11.1 Å². The number of cyclic esters (lactones) is 1. The van der Waals surface area contributed by atoms with Crippen molar-refractivity contribution in [1.82, 2.24) is 4.90 Å². The average Bonchev–Trinajstić information content (AvgIpc) is 2.98. The van der Waals surface area contributed by atoms with E-state index in [4.69, 9.17) is 15.7 Å². The molecule has 2 fully saturated rings. The van der Waals surface area contributed by atoms with Crippen molar-refractivity contribution < 1.29 is 9.53 Å². The summed E-state index contributed by atoms with van der Waals surface area (Å²) in [5, 5.41) is 12.5. The zero-order valence-electron chi connectivity index (χ0n) is 17.5. The molecule has 30 heavy (non-hydrogen) atoms. The lowest BCUT2D eigenvalue weighted by molar-refractivity contribution is 0.0664. The standard InChI is InChI=1S/C24H28N4O2/c1-24(2)22(17-6-4-3-5-7-17)28(23(29)30-24)19-11-9-18(10-12-19)27-21-13-8-16(15-25)14-20(21)26/h3-8,13-14,18-19,22,27H,9-12,26H2,1-2H3/t18-,19-,22?. The molecule has 1 atom stereocenters. The minimum absolute atomic E-state index is 0.0881. The Balaban J connectivity index is 1.45. The van der Waals surface area contributed by atoms with Gasteiger partial charge in [-0.05, 0) is 63.3 Å². The van der Waals surface area contributed by atoms with Gasteiger partial charge in [-0.25, -0.2) is 4.79 Å². The van der Waals surface area contributed by atoms with E-state index in [0.717, 1.165) is 36.9 Å². The molecule has 3 N–H and O–H groups in total. The van der Waals surface area contributed by atoms with Crippen LogP contribution in [0.5, 0.6) is 0 Å². The van der Waals surface area contributed by atoms with Crippen molar-refractivity contribution >= 4 is 17.5 Å². The largest absolute Gasteiger partial charge is 0.441 e. The molecule has 156 valence electrons. The van der Waals surface area contributed by atoms with Crippen LogP contribution in [0.2, 0.25) is 0 Å². The summed E-state index contributed by atoms with van der Waals surface area (Å²) in [4.78, 5) is 14.8. The Hall–Kier alpha value is -3.20. The predicted octanol–water partition coefficient (Wildman–Crippen LogP) is 4.84. The molecule has 0 bridgehead atoms. The number of nitriles is 1. The predicted molar refractivity (Wildman–Crippen MR) is 117 cm³/mol. The number of nitrogens with one attached hydrogen (secondary N) is 1. The van der Waals surface area contributed by atoms with Gasteiger partial charge in [-0.3, -0.25) is 4.90 Å². The second-order valence-corrected chi connectivity index (χ2v) is 8.76. The number of nitrogen functional groups attached to an aromatic ring is 1. The fourth-order valence-electron chi connectivity index (χ4n) is 4.81. The van der Waals surface area contributed by atoms with Crippen molar-refractivity contribution in [3.63, 3.8) is 0 Å². The highest BCUT2D eigenvalue weighted by molar-refractivity contribution is 5.72. The van der Waals surface area contributed by atoms with Crippen molar-refractivity contribution in [2.45, 2.75) is 63.3 Å². The van der Waals surface area contributed by atoms with Crippen LogP contribution >= 0.6 is 0 Å². The van der Waals surface area contributed by atoms with E-state index in [1.165, 1.54) is 0 Å². The van der Waals surface area contributed by atoms with E-state index >= 15 is 0 Å². The number of benzene rings is 2. The number of carbonyl (C=O) groups is 1. The smallest absolute Gasteiger partial charge is 0.411 e. The first kappa shape index (κ1) is 20.1. The maximum Gasteiger partial charge on any atom is 0.411 e. The molecule has 0 radical (unpaired) electrons. The summed E-state index contributed by atoms with van der Waals surface area (Å²) in [5.41, 5.74) is 8.64. The number of amides is 1. The lowest BCUT2D eigenvalue weighted by atomic mass is 9.86. The van der Waals surface area contributed by atoms with Crippen molar-refractivity contribution in [2.75, 3.05) is 11.1 Å². The van der Waals surface area contributed by atoms with Crippen LogP contribution in [0.4, 0.5) is 16.2 Å². The third-order valence-corrected chi connectivity index (χ3v) is 6.24. The Kier molecular flexibility index (Phi) is 5.29. The first-order chi connectivity index (χ1) is 14.4. The van der Waals surface area contributed by atoms with Gasteiger partial charge in [0.05, 0.1) is 29.0 Å². The molecule has 4 rings (SSSR count). The van der Waals surface area contributed by atoms with Gasteiger partial charge in [-0.15, -0.1) is 0 Å². The monoisotopic (exact) mass is 404 g/mol. The van der Waals surface area contributed by atoms with E-state index in [0.29, 0.717) is 17.3 Å². The second-order valence-electron chi connectivity index (χ2n) is 8.76. The molecule has 1 amide bonds. The number of rotatable bonds is 4. The van der Waals surface area contributed by atoms with Crippen molar-refractivity contribution in [3.05, 3.63) is 59.7 Å². The maximum atomic E-state index is 12.8. The molecule has 6 nitrogen and oxygen atoms in total. The molecule has 1 saturated carbocycles. The molecule has 6 heteroatoms. The van der Waals surface area contributed by atoms with Crippen LogP contribution in [0.25, 0.3) is 0 Å². The molecule has 1 aliphatic carbocycles. The summed E-state index contributed by atoms with van der Waals surface area (Å²) < 4.78 is 5.77. The van der Waals surface area contributed by atoms with Gasteiger partial charge in [0.2, 0.25) is 0 Å². The third kappa shape index (κ3) is 3.80. The molecule has 1 unspecified atom stereocenters. The van der Waals surface area contributed by atoms with Gasteiger partial charge in [-0.1, -0.05) is 30.3 Å². The highest BCUT2D eigenvalue weighted by Gasteiger charge is 2.51. The molecular weight excluding hydrogens is 376 g/mol. The lowest BCUT2D eigenvalue weighted by Crippen LogP contribution is -2.44. The molecule has 1 saturated heterocycles. The van der Waals surface area contributed by atoms with E-state index in [9.17, 15) is 4.79 Å². The Morgan fingerprint density at radius 1 is 1.13 bits per heavy atom. The zero-order valence-corrected chi connectivity index (χ0v) is 17.5. The molecule has 2 aromatic rings. The molecule has 1 heterocycles. The lowest BCUT2D eigenvalue weighted by Gasteiger charge is -2.38. The first-order valence-electron chi connectivity index (χ1n) is 10.5. The zero-order chi connectivity index (χ0) is 21.3.